The van der Waals surface area contributed by atoms with Gasteiger partial charge in [-0.3, -0.25) is 0 Å². The number of ether oxygens (including phenoxy) is 5. The average Bonchev–Trinajstić information content (AvgIpc) is 3.03. The standard InChI is InChI=1S/C26H36O8/c1-6-28-22(27)17(4)29-18-8-7-9-19(14-18)30-23-16(3)21-11-10-15(2)20-12-13-25(5)32-24(31-23)26(20,21)34-33-25/h7-9,14-17,20-21,23-24H,6,10-13H2,1-5H3/t15-,16-,17?,20+,21+,23?,24?,25+,26-/m1/s1. The lowest BCUT2D eigenvalue weighted by atomic mass is 9.58. The van der Waals surface area contributed by atoms with Gasteiger partial charge >= 0.3 is 5.97 Å². The van der Waals surface area contributed by atoms with Crippen LogP contribution in [-0.2, 0) is 28.8 Å². The van der Waals surface area contributed by atoms with Crippen molar-refractivity contribution < 1.29 is 38.3 Å². The average molecular weight is 477 g/mol. The van der Waals surface area contributed by atoms with Gasteiger partial charge in [-0.15, -0.1) is 0 Å². The fourth-order valence-electron chi connectivity index (χ4n) is 6.27. The molecule has 0 amide bonds. The van der Waals surface area contributed by atoms with E-state index in [-0.39, 0.29) is 11.8 Å². The molecule has 0 N–H and O–H groups in total. The van der Waals surface area contributed by atoms with Crippen molar-refractivity contribution in [2.75, 3.05) is 6.61 Å². The molecule has 4 aliphatic heterocycles. The van der Waals surface area contributed by atoms with Crippen molar-refractivity contribution in [1.82, 2.24) is 0 Å². The number of carbonyl (C=O) groups is 1. The van der Waals surface area contributed by atoms with Gasteiger partial charge in [0.1, 0.15) is 11.5 Å². The zero-order valence-electron chi connectivity index (χ0n) is 20.7. The second-order valence-corrected chi connectivity index (χ2v) is 10.4. The maximum atomic E-state index is 11.9. The number of carbonyl (C=O) groups excluding carboxylic acids is 1. The second-order valence-electron chi connectivity index (χ2n) is 10.4. The lowest BCUT2D eigenvalue weighted by Gasteiger charge is -2.60. The van der Waals surface area contributed by atoms with E-state index in [4.69, 9.17) is 33.5 Å². The van der Waals surface area contributed by atoms with Crippen LogP contribution in [-0.4, -0.2) is 42.6 Å². The Balaban J connectivity index is 1.35. The third kappa shape index (κ3) is 3.98. The van der Waals surface area contributed by atoms with Crippen molar-refractivity contribution >= 4 is 5.97 Å². The Morgan fingerprint density at radius 2 is 1.94 bits per heavy atom. The van der Waals surface area contributed by atoms with Gasteiger partial charge in [-0.05, 0) is 64.0 Å². The SMILES string of the molecule is CCOC(=O)C(C)Oc1cccc(OC2OC3O[C@]4(C)CC[C@H]5[C@H](C)CC[C@@H]([C@H]2C)[C@@]35OO4)c1. The number of rotatable bonds is 6. The van der Waals surface area contributed by atoms with Crippen molar-refractivity contribution in [2.45, 2.75) is 90.4 Å². The van der Waals surface area contributed by atoms with Gasteiger partial charge in [-0.1, -0.05) is 19.9 Å². The molecule has 2 bridgehead atoms. The summed E-state index contributed by atoms with van der Waals surface area (Å²) in [7, 11) is 0. The summed E-state index contributed by atoms with van der Waals surface area (Å²) in [4.78, 5) is 24.0. The second kappa shape index (κ2) is 8.97. The molecule has 8 nitrogen and oxygen atoms in total. The molecule has 5 aliphatic rings. The first-order valence-electron chi connectivity index (χ1n) is 12.6. The van der Waals surface area contributed by atoms with Crippen LogP contribution in [0.2, 0.25) is 0 Å². The maximum Gasteiger partial charge on any atom is 0.347 e. The molecule has 1 saturated carbocycles. The number of benzene rings is 1. The summed E-state index contributed by atoms with van der Waals surface area (Å²) in [5.41, 5.74) is -0.618. The topological polar surface area (TPSA) is 81.7 Å². The first-order chi connectivity index (χ1) is 16.3. The Kier molecular flexibility index (Phi) is 6.29. The molecule has 0 radical (unpaired) electrons. The molecule has 1 aliphatic carbocycles. The van der Waals surface area contributed by atoms with Crippen molar-refractivity contribution in [1.29, 1.82) is 0 Å². The van der Waals surface area contributed by atoms with E-state index in [1.165, 1.54) is 0 Å². The van der Waals surface area contributed by atoms with Gasteiger partial charge in [0, 0.05) is 24.3 Å². The smallest absolute Gasteiger partial charge is 0.347 e. The molecule has 0 aromatic heterocycles. The Hall–Kier alpha value is -1.87. The Morgan fingerprint density at radius 1 is 1.15 bits per heavy atom. The molecule has 3 unspecified atom stereocenters. The van der Waals surface area contributed by atoms with Gasteiger partial charge in [0.05, 0.1) is 6.61 Å². The highest BCUT2D eigenvalue weighted by Crippen LogP contribution is 2.60. The molecule has 8 heteroatoms. The molecule has 1 spiro atoms. The normalized spacial score (nSPS) is 41.7. The predicted octanol–water partition coefficient (Wildman–Crippen LogP) is 4.60. The minimum atomic E-state index is -0.820. The summed E-state index contributed by atoms with van der Waals surface area (Å²) in [6.45, 7) is 10.1. The van der Waals surface area contributed by atoms with E-state index < -0.39 is 36.0 Å². The minimum Gasteiger partial charge on any atom is -0.479 e. The molecular formula is C26H36O8. The monoisotopic (exact) mass is 476 g/mol. The Bertz CT molecular complexity index is 907. The van der Waals surface area contributed by atoms with Crippen LogP contribution >= 0.6 is 0 Å². The Labute approximate surface area is 201 Å². The fourth-order valence-corrected chi connectivity index (χ4v) is 6.27. The molecule has 9 atom stereocenters. The van der Waals surface area contributed by atoms with Crippen LogP contribution in [0.25, 0.3) is 0 Å². The molecule has 6 rings (SSSR count). The molecule has 4 heterocycles. The van der Waals surface area contributed by atoms with Crippen molar-refractivity contribution in [3.05, 3.63) is 24.3 Å². The van der Waals surface area contributed by atoms with E-state index >= 15 is 0 Å². The zero-order valence-corrected chi connectivity index (χ0v) is 20.7. The largest absolute Gasteiger partial charge is 0.479 e. The molecule has 1 aromatic rings. The van der Waals surface area contributed by atoms with E-state index in [1.54, 1.807) is 26.0 Å². The van der Waals surface area contributed by atoms with Crippen molar-refractivity contribution in [3.63, 3.8) is 0 Å². The first kappa shape index (κ1) is 23.9. The van der Waals surface area contributed by atoms with E-state index in [1.807, 2.05) is 19.1 Å². The van der Waals surface area contributed by atoms with Crippen LogP contribution in [0, 0.1) is 23.7 Å². The lowest BCUT2D eigenvalue weighted by molar-refractivity contribution is -0.575. The molecule has 5 fully saturated rings. The predicted molar refractivity (Wildman–Crippen MR) is 121 cm³/mol. The highest BCUT2D eigenvalue weighted by atomic mass is 17.3. The van der Waals surface area contributed by atoms with Gasteiger partial charge in [-0.25, -0.2) is 14.6 Å². The summed E-state index contributed by atoms with van der Waals surface area (Å²) in [6, 6.07) is 7.24. The number of hydrogen-bond acceptors (Lipinski definition) is 8. The minimum absolute atomic E-state index is 0.0592. The Morgan fingerprint density at radius 3 is 2.74 bits per heavy atom. The van der Waals surface area contributed by atoms with Crippen LogP contribution in [0.3, 0.4) is 0 Å². The van der Waals surface area contributed by atoms with Gasteiger partial charge in [-0.2, -0.15) is 0 Å². The van der Waals surface area contributed by atoms with E-state index in [2.05, 4.69) is 13.8 Å². The third-order valence-electron chi connectivity index (χ3n) is 8.09. The van der Waals surface area contributed by atoms with Gasteiger partial charge in [0.2, 0.25) is 12.1 Å². The number of fused-ring (bicyclic) bond motifs is 2. The highest BCUT2D eigenvalue weighted by Gasteiger charge is 2.69. The molecule has 34 heavy (non-hydrogen) atoms. The zero-order chi connectivity index (χ0) is 24.1. The van der Waals surface area contributed by atoms with Crippen LogP contribution in [0.4, 0.5) is 0 Å². The van der Waals surface area contributed by atoms with Crippen LogP contribution in [0.15, 0.2) is 24.3 Å². The summed E-state index contributed by atoms with van der Waals surface area (Å²) in [5.74, 6) is 0.968. The quantitative estimate of drug-likeness (QED) is 0.435. The summed E-state index contributed by atoms with van der Waals surface area (Å²) < 4.78 is 30.0. The van der Waals surface area contributed by atoms with Gasteiger partial charge in [0.25, 0.3) is 0 Å². The van der Waals surface area contributed by atoms with Crippen LogP contribution < -0.4 is 9.47 Å². The fraction of sp³-hybridized carbons (Fsp3) is 0.731. The molecule has 4 saturated heterocycles. The maximum absolute atomic E-state index is 11.9. The van der Waals surface area contributed by atoms with E-state index in [9.17, 15) is 4.79 Å². The van der Waals surface area contributed by atoms with E-state index in [0.717, 1.165) is 25.7 Å². The summed E-state index contributed by atoms with van der Waals surface area (Å²) in [6.07, 6.45) is 2.11. The highest BCUT2D eigenvalue weighted by molar-refractivity contribution is 5.74. The van der Waals surface area contributed by atoms with Crippen LogP contribution in [0.1, 0.15) is 60.3 Å². The summed E-state index contributed by atoms with van der Waals surface area (Å²) >= 11 is 0. The molecule has 1 aromatic carbocycles. The third-order valence-corrected chi connectivity index (χ3v) is 8.09. The molecule has 188 valence electrons. The lowest BCUT2D eigenvalue weighted by Crippen LogP contribution is -2.70. The van der Waals surface area contributed by atoms with Crippen LogP contribution in [0.5, 0.6) is 11.5 Å². The van der Waals surface area contributed by atoms with Crippen molar-refractivity contribution in [2.24, 2.45) is 23.7 Å². The molecular weight excluding hydrogens is 440 g/mol. The van der Waals surface area contributed by atoms with E-state index in [0.29, 0.717) is 29.9 Å². The number of hydrogen-bond donors (Lipinski definition) is 0. The van der Waals surface area contributed by atoms with Gasteiger partial charge < -0.3 is 23.7 Å². The summed E-state index contributed by atoms with van der Waals surface area (Å²) in [5, 5.41) is 0. The first-order valence-corrected chi connectivity index (χ1v) is 12.6. The van der Waals surface area contributed by atoms with Crippen molar-refractivity contribution in [3.8, 4) is 11.5 Å². The number of esters is 1. The van der Waals surface area contributed by atoms with Gasteiger partial charge in [0.15, 0.2) is 18.0 Å².